The lowest BCUT2D eigenvalue weighted by Gasteiger charge is -2.27. The largest absolute Gasteiger partial charge is 0.366 e. The Balaban J connectivity index is 0.00000243. The molecule has 1 amide bonds. The number of primary amides is 1. The van der Waals surface area contributed by atoms with Crippen molar-refractivity contribution in [2.24, 2.45) is 5.73 Å². The van der Waals surface area contributed by atoms with E-state index < -0.39 is 15.9 Å². The predicted molar refractivity (Wildman–Crippen MR) is 103 cm³/mol. The summed E-state index contributed by atoms with van der Waals surface area (Å²) in [6, 6.07) is 12.3. The van der Waals surface area contributed by atoms with Crippen LogP contribution in [0.5, 0.6) is 0 Å². The van der Waals surface area contributed by atoms with Crippen molar-refractivity contribution in [2.75, 3.05) is 13.1 Å². The number of aryl methyl sites for hydroxylation is 1. The van der Waals surface area contributed by atoms with Crippen LogP contribution in [0.25, 0.3) is 0 Å². The average Bonchev–Trinajstić information content (AvgIpc) is 2.60. The van der Waals surface area contributed by atoms with Crippen molar-refractivity contribution in [1.82, 2.24) is 10.0 Å². The second-order valence-corrected chi connectivity index (χ2v) is 7.92. The number of hydrogen-bond acceptors (Lipinski definition) is 4. The van der Waals surface area contributed by atoms with Gasteiger partial charge in [-0.3, -0.25) is 4.79 Å². The van der Waals surface area contributed by atoms with Gasteiger partial charge in [0.2, 0.25) is 15.9 Å². The lowest BCUT2D eigenvalue weighted by molar-refractivity contribution is 0.0999. The second kappa shape index (κ2) is 8.18. The first-order chi connectivity index (χ1) is 11.9. The van der Waals surface area contributed by atoms with Gasteiger partial charge in [-0.05, 0) is 48.7 Å². The first-order valence-corrected chi connectivity index (χ1v) is 9.58. The van der Waals surface area contributed by atoms with Gasteiger partial charge in [0.25, 0.3) is 0 Å². The lowest BCUT2D eigenvalue weighted by Crippen LogP contribution is -2.38. The predicted octanol–water partition coefficient (Wildman–Crippen LogP) is 1.68. The summed E-state index contributed by atoms with van der Waals surface area (Å²) in [5, 5.41) is 3.34. The molecule has 26 heavy (non-hydrogen) atoms. The molecule has 0 saturated carbocycles. The molecule has 140 valence electrons. The number of carbonyl (C=O) groups is 1. The summed E-state index contributed by atoms with van der Waals surface area (Å²) in [7, 11) is -3.73. The Morgan fingerprint density at radius 3 is 2.73 bits per heavy atom. The maximum Gasteiger partial charge on any atom is 0.249 e. The summed E-state index contributed by atoms with van der Waals surface area (Å²) in [5.41, 5.74) is 8.51. The number of sulfonamides is 1. The molecule has 0 aliphatic carbocycles. The molecular weight excluding hydrogens is 374 g/mol. The Hall–Kier alpha value is -1.93. The molecule has 3 rings (SSSR count). The molecule has 0 aromatic heterocycles. The molecule has 6 nitrogen and oxygen atoms in total. The van der Waals surface area contributed by atoms with E-state index in [1.165, 1.54) is 17.7 Å². The number of hydrogen-bond donors (Lipinski definition) is 3. The van der Waals surface area contributed by atoms with Crippen LogP contribution in [0.2, 0.25) is 0 Å². The molecule has 1 heterocycles. The molecule has 8 heteroatoms. The zero-order valence-electron chi connectivity index (χ0n) is 14.4. The van der Waals surface area contributed by atoms with Gasteiger partial charge < -0.3 is 11.1 Å². The quantitative estimate of drug-likeness (QED) is 0.716. The van der Waals surface area contributed by atoms with Crippen molar-refractivity contribution in [3.05, 3.63) is 64.7 Å². The van der Waals surface area contributed by atoms with Crippen molar-refractivity contribution in [1.29, 1.82) is 0 Å². The molecule has 1 unspecified atom stereocenters. The molecule has 2 aromatic carbocycles. The van der Waals surface area contributed by atoms with E-state index in [0.717, 1.165) is 18.5 Å². The Kier molecular flexibility index (Phi) is 6.41. The van der Waals surface area contributed by atoms with Crippen molar-refractivity contribution >= 4 is 28.3 Å². The molecule has 2 aromatic rings. The molecule has 4 N–H and O–H groups in total. The molecule has 0 fully saturated rings. The zero-order chi connectivity index (χ0) is 18.0. The van der Waals surface area contributed by atoms with Crippen LogP contribution < -0.4 is 15.8 Å². The summed E-state index contributed by atoms with van der Waals surface area (Å²) in [6.07, 6.45) is 0.930. The molecule has 0 radical (unpaired) electrons. The maximum atomic E-state index is 12.6. The fraction of sp³-hybridized carbons (Fsp3) is 0.278. The Labute approximate surface area is 159 Å². The molecule has 0 saturated heterocycles. The van der Waals surface area contributed by atoms with Gasteiger partial charge >= 0.3 is 0 Å². The number of halogens is 1. The SMILES string of the molecule is Cc1ccc(S(=O)(=O)NCC2NCCc3ccccc32)cc1C(N)=O.Cl. The first-order valence-electron chi connectivity index (χ1n) is 8.10. The van der Waals surface area contributed by atoms with Crippen LogP contribution >= 0.6 is 12.4 Å². The van der Waals surface area contributed by atoms with Gasteiger partial charge in [0, 0.05) is 18.2 Å². The highest BCUT2D eigenvalue weighted by atomic mass is 35.5. The summed E-state index contributed by atoms with van der Waals surface area (Å²) in [5.74, 6) is -0.641. The number of nitrogens with one attached hydrogen (secondary N) is 2. The van der Waals surface area contributed by atoms with E-state index in [9.17, 15) is 13.2 Å². The van der Waals surface area contributed by atoms with Crippen molar-refractivity contribution in [3.8, 4) is 0 Å². The molecule has 0 spiro atoms. The Morgan fingerprint density at radius 2 is 2.00 bits per heavy atom. The number of carbonyl (C=O) groups excluding carboxylic acids is 1. The minimum Gasteiger partial charge on any atom is -0.366 e. The molecular formula is C18H22ClN3O3S. The molecule has 1 aliphatic rings. The standard InChI is InChI=1S/C18H21N3O3S.ClH/c1-12-6-7-14(10-16(12)18(19)22)25(23,24)21-11-17-15-5-3-2-4-13(15)8-9-20-17;/h2-7,10,17,20-21H,8-9,11H2,1H3,(H2,19,22);1H. The number of rotatable bonds is 5. The average molecular weight is 396 g/mol. The van der Waals surface area contributed by atoms with E-state index in [1.807, 2.05) is 18.2 Å². The number of benzene rings is 2. The molecule has 1 aliphatic heterocycles. The fourth-order valence-electron chi connectivity index (χ4n) is 3.09. The van der Waals surface area contributed by atoms with Crippen molar-refractivity contribution in [3.63, 3.8) is 0 Å². The lowest BCUT2D eigenvalue weighted by atomic mass is 9.95. The maximum absolute atomic E-state index is 12.6. The van der Waals surface area contributed by atoms with Gasteiger partial charge in [-0.2, -0.15) is 0 Å². The van der Waals surface area contributed by atoms with Crippen LogP contribution in [0.1, 0.15) is 33.1 Å². The van der Waals surface area contributed by atoms with E-state index >= 15 is 0 Å². The first kappa shape index (κ1) is 20.4. The second-order valence-electron chi connectivity index (χ2n) is 6.15. The zero-order valence-corrected chi connectivity index (χ0v) is 16.0. The summed E-state index contributed by atoms with van der Waals surface area (Å²) in [6.45, 7) is 2.76. The topological polar surface area (TPSA) is 101 Å². The minimum atomic E-state index is -3.73. The van der Waals surface area contributed by atoms with Crippen LogP contribution in [0, 0.1) is 6.92 Å². The Morgan fingerprint density at radius 1 is 1.27 bits per heavy atom. The number of fused-ring (bicyclic) bond motifs is 1. The number of nitrogens with two attached hydrogens (primary N) is 1. The van der Waals surface area contributed by atoms with Crippen LogP contribution in [0.15, 0.2) is 47.4 Å². The summed E-state index contributed by atoms with van der Waals surface area (Å²) < 4.78 is 27.8. The Bertz CT molecular complexity index is 916. The van der Waals surface area contributed by atoms with Crippen LogP contribution in [-0.2, 0) is 16.4 Å². The highest BCUT2D eigenvalue weighted by Gasteiger charge is 2.23. The van der Waals surface area contributed by atoms with Gasteiger partial charge in [-0.25, -0.2) is 13.1 Å². The monoisotopic (exact) mass is 395 g/mol. The summed E-state index contributed by atoms with van der Waals surface area (Å²) in [4.78, 5) is 11.5. The van der Waals surface area contributed by atoms with E-state index in [1.54, 1.807) is 13.0 Å². The van der Waals surface area contributed by atoms with Gasteiger partial charge in [-0.1, -0.05) is 30.3 Å². The highest BCUT2D eigenvalue weighted by molar-refractivity contribution is 7.89. The highest BCUT2D eigenvalue weighted by Crippen LogP contribution is 2.23. The van der Waals surface area contributed by atoms with Crippen LogP contribution in [0.4, 0.5) is 0 Å². The van der Waals surface area contributed by atoms with E-state index in [-0.39, 0.29) is 35.5 Å². The van der Waals surface area contributed by atoms with Gasteiger partial charge in [0.05, 0.1) is 4.90 Å². The van der Waals surface area contributed by atoms with Gasteiger partial charge in [-0.15, -0.1) is 12.4 Å². The van der Waals surface area contributed by atoms with Crippen molar-refractivity contribution < 1.29 is 13.2 Å². The van der Waals surface area contributed by atoms with E-state index in [0.29, 0.717) is 5.56 Å². The van der Waals surface area contributed by atoms with Gasteiger partial charge in [0.15, 0.2) is 0 Å². The van der Waals surface area contributed by atoms with Crippen LogP contribution in [-0.4, -0.2) is 27.4 Å². The normalized spacial score (nSPS) is 16.4. The van der Waals surface area contributed by atoms with Crippen LogP contribution in [0.3, 0.4) is 0 Å². The fourth-order valence-corrected chi connectivity index (χ4v) is 4.16. The third-order valence-corrected chi connectivity index (χ3v) is 5.90. The summed E-state index contributed by atoms with van der Waals surface area (Å²) >= 11 is 0. The smallest absolute Gasteiger partial charge is 0.249 e. The third-order valence-electron chi connectivity index (χ3n) is 4.48. The van der Waals surface area contributed by atoms with Crippen molar-refractivity contribution in [2.45, 2.75) is 24.3 Å². The third kappa shape index (κ3) is 4.24. The van der Waals surface area contributed by atoms with Gasteiger partial charge in [0.1, 0.15) is 0 Å². The van der Waals surface area contributed by atoms with E-state index in [2.05, 4.69) is 16.1 Å². The minimum absolute atomic E-state index is 0. The van der Waals surface area contributed by atoms with E-state index in [4.69, 9.17) is 5.73 Å². The molecule has 1 atom stereocenters. The molecule has 0 bridgehead atoms. The number of amides is 1.